The van der Waals surface area contributed by atoms with E-state index < -0.39 is 0 Å². The molecule has 102 valence electrons. The molecule has 4 rings (SSSR count). The van der Waals surface area contributed by atoms with Crippen LogP contribution in [0.5, 0.6) is 0 Å². The molecule has 1 fully saturated rings. The summed E-state index contributed by atoms with van der Waals surface area (Å²) in [5.41, 5.74) is 5.76. The number of fused-ring (bicyclic) bond motifs is 1. The minimum absolute atomic E-state index is 0.743. The number of hydrogen-bond donors (Lipinski definition) is 1. The molecular formula is C16H17N3S. The number of benzene rings is 1. The van der Waals surface area contributed by atoms with Gasteiger partial charge in [0.15, 0.2) is 0 Å². The average molecular weight is 283 g/mol. The van der Waals surface area contributed by atoms with Gasteiger partial charge in [-0.15, -0.1) is 11.3 Å². The summed E-state index contributed by atoms with van der Waals surface area (Å²) in [5.74, 6) is 0. The van der Waals surface area contributed by atoms with Crippen LogP contribution in [-0.4, -0.2) is 15.6 Å². The molecule has 3 aromatic rings. The Morgan fingerprint density at radius 3 is 3.05 bits per heavy atom. The lowest BCUT2D eigenvalue weighted by atomic mass is 10.1. The maximum atomic E-state index is 4.39. The predicted molar refractivity (Wildman–Crippen MR) is 83.0 cm³/mol. The molecule has 2 heterocycles. The second-order valence-corrected chi connectivity index (χ2v) is 6.15. The van der Waals surface area contributed by atoms with E-state index in [2.05, 4.69) is 50.7 Å². The highest BCUT2D eigenvalue weighted by Gasteiger charge is 2.20. The lowest BCUT2D eigenvalue weighted by molar-refractivity contribution is 0.686. The topological polar surface area (TPSA) is 29.9 Å². The zero-order valence-electron chi connectivity index (χ0n) is 11.2. The molecule has 1 aromatic carbocycles. The molecule has 0 aliphatic heterocycles. The van der Waals surface area contributed by atoms with E-state index in [0.717, 1.165) is 24.8 Å². The first-order valence-electron chi connectivity index (χ1n) is 7.07. The maximum absolute atomic E-state index is 4.39. The van der Waals surface area contributed by atoms with E-state index >= 15 is 0 Å². The molecule has 0 unspecified atom stereocenters. The molecule has 2 aromatic heterocycles. The molecule has 0 spiro atoms. The van der Waals surface area contributed by atoms with E-state index in [1.807, 2.05) is 5.51 Å². The minimum atomic E-state index is 0.743. The quantitative estimate of drug-likeness (QED) is 0.778. The minimum Gasteiger partial charge on any atom is -0.341 e. The van der Waals surface area contributed by atoms with Gasteiger partial charge in [-0.05, 0) is 29.9 Å². The van der Waals surface area contributed by atoms with Gasteiger partial charge in [0.05, 0.1) is 23.3 Å². The first-order valence-corrected chi connectivity index (χ1v) is 8.01. The Hall–Kier alpha value is -1.65. The fourth-order valence-corrected chi connectivity index (χ4v) is 3.20. The van der Waals surface area contributed by atoms with Gasteiger partial charge in [-0.1, -0.05) is 18.2 Å². The summed E-state index contributed by atoms with van der Waals surface area (Å²) in [7, 11) is 0. The highest BCUT2D eigenvalue weighted by molar-refractivity contribution is 7.07. The fourth-order valence-electron chi connectivity index (χ4n) is 2.65. The van der Waals surface area contributed by atoms with Crippen molar-refractivity contribution in [3.8, 4) is 0 Å². The molecule has 1 saturated carbocycles. The number of nitrogens with zero attached hydrogens (tertiary/aromatic N) is 2. The molecule has 20 heavy (non-hydrogen) atoms. The van der Waals surface area contributed by atoms with Gasteiger partial charge in [0.25, 0.3) is 0 Å². The molecule has 1 N–H and O–H groups in total. The smallest absolute Gasteiger partial charge is 0.0795 e. The van der Waals surface area contributed by atoms with Gasteiger partial charge in [-0.25, -0.2) is 4.98 Å². The molecule has 3 nitrogen and oxygen atoms in total. The molecular weight excluding hydrogens is 266 g/mol. The van der Waals surface area contributed by atoms with Crippen molar-refractivity contribution in [1.82, 2.24) is 14.9 Å². The van der Waals surface area contributed by atoms with Gasteiger partial charge >= 0.3 is 0 Å². The normalized spacial score (nSPS) is 15.0. The van der Waals surface area contributed by atoms with Crippen LogP contribution < -0.4 is 5.32 Å². The standard InChI is InChI=1S/C16H17N3S/c1-2-12-6-7-19(9-15-10-20-11-18-15)16(12)13(3-1)8-17-14-4-5-14/h1-3,6-7,10-11,14,17H,4-5,8-9H2. The summed E-state index contributed by atoms with van der Waals surface area (Å²) in [5, 5.41) is 7.05. The van der Waals surface area contributed by atoms with E-state index in [9.17, 15) is 0 Å². The van der Waals surface area contributed by atoms with E-state index in [-0.39, 0.29) is 0 Å². The molecule has 0 radical (unpaired) electrons. The molecule has 0 bridgehead atoms. The van der Waals surface area contributed by atoms with Crippen LogP contribution >= 0.6 is 11.3 Å². The van der Waals surface area contributed by atoms with Crippen molar-refractivity contribution in [2.75, 3.05) is 0 Å². The summed E-state index contributed by atoms with van der Waals surface area (Å²) >= 11 is 1.66. The Kier molecular flexibility index (Phi) is 3.05. The Bertz CT molecular complexity index is 710. The SMILES string of the molecule is c1cc(CNC2CC2)c2c(c1)ccn2Cc1cscn1. The van der Waals surface area contributed by atoms with Gasteiger partial charge in [-0.3, -0.25) is 0 Å². The Balaban J connectivity index is 1.68. The Morgan fingerprint density at radius 2 is 2.25 bits per heavy atom. The van der Waals surface area contributed by atoms with Crippen molar-refractivity contribution < 1.29 is 0 Å². The van der Waals surface area contributed by atoms with Gasteiger partial charge < -0.3 is 9.88 Å². The van der Waals surface area contributed by atoms with Crippen molar-refractivity contribution >= 4 is 22.2 Å². The molecule has 1 aliphatic rings. The van der Waals surface area contributed by atoms with Crippen molar-refractivity contribution in [2.45, 2.75) is 32.0 Å². The van der Waals surface area contributed by atoms with Crippen LogP contribution in [0.25, 0.3) is 10.9 Å². The lowest BCUT2D eigenvalue weighted by Gasteiger charge is -2.09. The number of thiazole rings is 1. The number of rotatable bonds is 5. The summed E-state index contributed by atoms with van der Waals surface area (Å²) in [6.07, 6.45) is 4.83. The third-order valence-electron chi connectivity index (χ3n) is 3.85. The van der Waals surface area contributed by atoms with E-state index in [4.69, 9.17) is 0 Å². The first kappa shape index (κ1) is 12.1. The van der Waals surface area contributed by atoms with Crippen molar-refractivity contribution in [2.24, 2.45) is 0 Å². The summed E-state index contributed by atoms with van der Waals surface area (Å²) in [4.78, 5) is 4.39. The van der Waals surface area contributed by atoms with Crippen LogP contribution in [0.1, 0.15) is 24.1 Å². The van der Waals surface area contributed by atoms with Gasteiger partial charge in [-0.2, -0.15) is 0 Å². The zero-order valence-corrected chi connectivity index (χ0v) is 12.1. The van der Waals surface area contributed by atoms with Gasteiger partial charge in [0, 0.05) is 24.2 Å². The number of nitrogens with one attached hydrogen (secondary N) is 1. The molecule has 0 saturated heterocycles. The van der Waals surface area contributed by atoms with Crippen LogP contribution in [0.3, 0.4) is 0 Å². The van der Waals surface area contributed by atoms with E-state index in [1.165, 1.54) is 29.3 Å². The fraction of sp³-hybridized carbons (Fsp3) is 0.312. The summed E-state index contributed by atoms with van der Waals surface area (Å²) in [6, 6.07) is 9.51. The van der Waals surface area contributed by atoms with Crippen LogP contribution in [0.4, 0.5) is 0 Å². The second-order valence-electron chi connectivity index (χ2n) is 5.43. The van der Waals surface area contributed by atoms with Gasteiger partial charge in [0.2, 0.25) is 0 Å². The molecule has 1 aliphatic carbocycles. The predicted octanol–water partition coefficient (Wildman–Crippen LogP) is 3.40. The zero-order chi connectivity index (χ0) is 13.4. The molecule has 0 amide bonds. The van der Waals surface area contributed by atoms with Crippen molar-refractivity contribution in [3.05, 3.63) is 52.6 Å². The van der Waals surface area contributed by atoms with Crippen LogP contribution in [-0.2, 0) is 13.1 Å². The Labute approximate surface area is 122 Å². The van der Waals surface area contributed by atoms with Crippen LogP contribution in [0, 0.1) is 0 Å². The number of para-hydroxylation sites is 1. The monoisotopic (exact) mass is 283 g/mol. The lowest BCUT2D eigenvalue weighted by Crippen LogP contribution is -2.16. The van der Waals surface area contributed by atoms with E-state index in [0.29, 0.717) is 0 Å². The largest absolute Gasteiger partial charge is 0.341 e. The van der Waals surface area contributed by atoms with Crippen molar-refractivity contribution in [1.29, 1.82) is 0 Å². The maximum Gasteiger partial charge on any atom is 0.0795 e. The molecule has 4 heteroatoms. The summed E-state index contributed by atoms with van der Waals surface area (Å²) in [6.45, 7) is 1.82. The van der Waals surface area contributed by atoms with Crippen LogP contribution in [0.15, 0.2) is 41.4 Å². The van der Waals surface area contributed by atoms with E-state index in [1.54, 1.807) is 11.3 Å². The highest BCUT2D eigenvalue weighted by Crippen LogP contribution is 2.24. The number of aromatic nitrogens is 2. The second kappa shape index (κ2) is 5.04. The Morgan fingerprint density at radius 1 is 1.30 bits per heavy atom. The summed E-state index contributed by atoms with van der Waals surface area (Å²) < 4.78 is 2.31. The average Bonchev–Trinajstić information content (AvgIpc) is 2.98. The third-order valence-corrected chi connectivity index (χ3v) is 4.48. The highest BCUT2D eigenvalue weighted by atomic mass is 32.1. The van der Waals surface area contributed by atoms with Gasteiger partial charge in [0.1, 0.15) is 0 Å². The first-order chi connectivity index (χ1) is 9.90. The third kappa shape index (κ3) is 2.37. The van der Waals surface area contributed by atoms with Crippen LogP contribution in [0.2, 0.25) is 0 Å². The molecule has 0 atom stereocenters. The number of hydrogen-bond acceptors (Lipinski definition) is 3. The van der Waals surface area contributed by atoms with Crippen molar-refractivity contribution in [3.63, 3.8) is 0 Å².